The van der Waals surface area contributed by atoms with E-state index in [4.69, 9.17) is 4.74 Å². The lowest BCUT2D eigenvalue weighted by atomic mass is 10.0. The Morgan fingerprint density at radius 1 is 1.15 bits per heavy atom. The lowest BCUT2D eigenvalue weighted by molar-refractivity contribution is 0.357. The zero-order valence-electron chi connectivity index (χ0n) is 12.1. The lowest BCUT2D eigenvalue weighted by Crippen LogP contribution is -2.09. The van der Waals surface area contributed by atoms with Crippen molar-refractivity contribution < 1.29 is 4.74 Å². The fraction of sp³-hybridized carbons (Fsp3) is 0.333. The first-order valence-electron chi connectivity index (χ1n) is 7.35. The second-order valence-electron chi connectivity index (χ2n) is 5.44. The number of ether oxygens (including phenoxy) is 1. The van der Waals surface area contributed by atoms with Crippen LogP contribution >= 0.6 is 0 Å². The molecule has 104 valence electrons. The molecule has 2 aromatic carbocycles. The SMILES string of the molecule is CCC(Nc1ccc(C)cc1)c1ccc2c(c1)CCO2. The Labute approximate surface area is 120 Å². The molecule has 0 aliphatic carbocycles. The number of hydrogen-bond donors (Lipinski definition) is 1. The number of rotatable bonds is 4. The molecule has 1 aliphatic rings. The molecule has 1 unspecified atom stereocenters. The van der Waals surface area contributed by atoms with E-state index in [2.05, 4.69) is 61.6 Å². The van der Waals surface area contributed by atoms with Gasteiger partial charge in [0.05, 0.1) is 12.6 Å². The van der Waals surface area contributed by atoms with E-state index in [1.807, 2.05) is 0 Å². The molecule has 3 rings (SSSR count). The first-order chi connectivity index (χ1) is 9.76. The topological polar surface area (TPSA) is 21.3 Å². The number of benzene rings is 2. The molecule has 0 aromatic heterocycles. The third-order valence-electron chi connectivity index (χ3n) is 3.92. The highest BCUT2D eigenvalue weighted by molar-refractivity contribution is 5.48. The Balaban J connectivity index is 1.81. The van der Waals surface area contributed by atoms with Crippen LogP contribution in [-0.4, -0.2) is 6.61 Å². The van der Waals surface area contributed by atoms with E-state index < -0.39 is 0 Å². The zero-order valence-corrected chi connectivity index (χ0v) is 12.1. The highest BCUT2D eigenvalue weighted by atomic mass is 16.5. The average molecular weight is 267 g/mol. The number of aryl methyl sites for hydroxylation is 1. The van der Waals surface area contributed by atoms with Gasteiger partial charge in [0.2, 0.25) is 0 Å². The molecule has 2 heteroatoms. The summed E-state index contributed by atoms with van der Waals surface area (Å²) in [5, 5.41) is 3.62. The first-order valence-corrected chi connectivity index (χ1v) is 7.35. The molecule has 0 amide bonds. The van der Waals surface area contributed by atoms with Gasteiger partial charge >= 0.3 is 0 Å². The van der Waals surface area contributed by atoms with E-state index in [1.165, 1.54) is 22.4 Å². The van der Waals surface area contributed by atoms with Gasteiger partial charge in [-0.05, 0) is 48.7 Å². The van der Waals surface area contributed by atoms with Gasteiger partial charge in [0.15, 0.2) is 0 Å². The number of hydrogen-bond acceptors (Lipinski definition) is 2. The summed E-state index contributed by atoms with van der Waals surface area (Å²) in [6, 6.07) is 15.5. The lowest BCUT2D eigenvalue weighted by Gasteiger charge is -2.19. The molecule has 1 atom stereocenters. The smallest absolute Gasteiger partial charge is 0.122 e. The quantitative estimate of drug-likeness (QED) is 0.881. The van der Waals surface area contributed by atoms with Crippen LogP contribution in [-0.2, 0) is 6.42 Å². The van der Waals surface area contributed by atoms with Crippen LogP contribution in [0, 0.1) is 6.92 Å². The van der Waals surface area contributed by atoms with E-state index in [-0.39, 0.29) is 0 Å². The first kappa shape index (κ1) is 13.0. The molecule has 0 saturated carbocycles. The maximum absolute atomic E-state index is 5.58. The van der Waals surface area contributed by atoms with Crippen molar-refractivity contribution in [2.45, 2.75) is 32.7 Å². The minimum absolute atomic E-state index is 0.351. The summed E-state index contributed by atoms with van der Waals surface area (Å²) in [4.78, 5) is 0. The summed E-state index contributed by atoms with van der Waals surface area (Å²) in [6.45, 7) is 5.15. The van der Waals surface area contributed by atoms with Crippen LogP contribution in [0.5, 0.6) is 5.75 Å². The van der Waals surface area contributed by atoms with Gasteiger partial charge in [0.1, 0.15) is 5.75 Å². The van der Waals surface area contributed by atoms with E-state index in [0.29, 0.717) is 6.04 Å². The van der Waals surface area contributed by atoms with E-state index >= 15 is 0 Å². The monoisotopic (exact) mass is 267 g/mol. The normalized spacial score (nSPS) is 14.5. The van der Waals surface area contributed by atoms with Gasteiger partial charge in [-0.2, -0.15) is 0 Å². The van der Waals surface area contributed by atoms with Crippen LogP contribution in [0.25, 0.3) is 0 Å². The van der Waals surface area contributed by atoms with Crippen LogP contribution in [0.3, 0.4) is 0 Å². The minimum atomic E-state index is 0.351. The van der Waals surface area contributed by atoms with Crippen molar-refractivity contribution in [3.63, 3.8) is 0 Å². The Morgan fingerprint density at radius 2 is 1.95 bits per heavy atom. The Morgan fingerprint density at radius 3 is 2.70 bits per heavy atom. The van der Waals surface area contributed by atoms with Crippen LogP contribution in [0.15, 0.2) is 42.5 Å². The highest BCUT2D eigenvalue weighted by Crippen LogP contribution is 2.30. The number of nitrogens with one attached hydrogen (secondary N) is 1. The van der Waals surface area contributed by atoms with Crippen LogP contribution in [0.2, 0.25) is 0 Å². The molecular formula is C18H21NO. The Bertz CT molecular complexity index is 589. The second-order valence-corrected chi connectivity index (χ2v) is 5.44. The molecule has 0 spiro atoms. The molecule has 0 saturated heterocycles. The zero-order chi connectivity index (χ0) is 13.9. The molecule has 1 aliphatic heterocycles. The number of anilines is 1. The van der Waals surface area contributed by atoms with Crippen molar-refractivity contribution in [1.82, 2.24) is 0 Å². The summed E-state index contributed by atoms with van der Waals surface area (Å²) in [5.74, 6) is 1.05. The van der Waals surface area contributed by atoms with Gasteiger partial charge in [-0.3, -0.25) is 0 Å². The third-order valence-corrected chi connectivity index (χ3v) is 3.92. The molecule has 1 heterocycles. The van der Waals surface area contributed by atoms with Crippen LogP contribution in [0.4, 0.5) is 5.69 Å². The Kier molecular flexibility index (Phi) is 3.64. The van der Waals surface area contributed by atoms with Crippen molar-refractivity contribution in [2.75, 3.05) is 11.9 Å². The molecular weight excluding hydrogens is 246 g/mol. The van der Waals surface area contributed by atoms with Crippen molar-refractivity contribution in [2.24, 2.45) is 0 Å². The summed E-state index contributed by atoms with van der Waals surface area (Å²) in [6.07, 6.45) is 2.09. The van der Waals surface area contributed by atoms with Gasteiger partial charge in [-0.15, -0.1) is 0 Å². The molecule has 0 fully saturated rings. The molecule has 0 bridgehead atoms. The largest absolute Gasteiger partial charge is 0.493 e. The number of fused-ring (bicyclic) bond motifs is 1. The molecule has 1 N–H and O–H groups in total. The van der Waals surface area contributed by atoms with Crippen LogP contribution < -0.4 is 10.1 Å². The molecule has 2 nitrogen and oxygen atoms in total. The van der Waals surface area contributed by atoms with Crippen molar-refractivity contribution in [1.29, 1.82) is 0 Å². The van der Waals surface area contributed by atoms with Crippen molar-refractivity contribution in [3.8, 4) is 5.75 Å². The van der Waals surface area contributed by atoms with Crippen molar-refractivity contribution >= 4 is 5.69 Å². The summed E-state index contributed by atoms with van der Waals surface area (Å²) >= 11 is 0. The maximum atomic E-state index is 5.58. The summed E-state index contributed by atoms with van der Waals surface area (Å²) in [5.41, 5.74) is 5.15. The molecule has 2 aromatic rings. The van der Waals surface area contributed by atoms with E-state index in [0.717, 1.165) is 25.2 Å². The van der Waals surface area contributed by atoms with Crippen molar-refractivity contribution in [3.05, 3.63) is 59.2 Å². The van der Waals surface area contributed by atoms with E-state index in [1.54, 1.807) is 0 Å². The summed E-state index contributed by atoms with van der Waals surface area (Å²) in [7, 11) is 0. The fourth-order valence-corrected chi connectivity index (χ4v) is 2.70. The predicted octanol–water partition coefficient (Wildman–Crippen LogP) is 4.49. The average Bonchev–Trinajstić information content (AvgIpc) is 2.94. The summed E-state index contributed by atoms with van der Waals surface area (Å²) < 4.78 is 5.58. The fourth-order valence-electron chi connectivity index (χ4n) is 2.70. The van der Waals surface area contributed by atoms with Gasteiger partial charge in [0.25, 0.3) is 0 Å². The molecule has 0 radical (unpaired) electrons. The maximum Gasteiger partial charge on any atom is 0.122 e. The minimum Gasteiger partial charge on any atom is -0.493 e. The highest BCUT2D eigenvalue weighted by Gasteiger charge is 2.15. The third kappa shape index (κ3) is 2.64. The van der Waals surface area contributed by atoms with Gasteiger partial charge in [-0.1, -0.05) is 30.7 Å². The van der Waals surface area contributed by atoms with Gasteiger partial charge < -0.3 is 10.1 Å². The molecule has 20 heavy (non-hydrogen) atoms. The van der Waals surface area contributed by atoms with Gasteiger partial charge in [0, 0.05) is 12.1 Å². The Hall–Kier alpha value is -1.96. The predicted molar refractivity (Wildman–Crippen MR) is 83.5 cm³/mol. The standard InChI is InChI=1S/C18H21NO/c1-3-17(19-16-7-4-13(2)5-8-16)14-6-9-18-15(12-14)10-11-20-18/h4-9,12,17,19H,3,10-11H2,1-2H3. The van der Waals surface area contributed by atoms with Gasteiger partial charge in [-0.25, -0.2) is 0 Å². The van der Waals surface area contributed by atoms with Crippen LogP contribution in [0.1, 0.15) is 36.1 Å². The van der Waals surface area contributed by atoms with E-state index in [9.17, 15) is 0 Å². The second kappa shape index (κ2) is 5.58.